The van der Waals surface area contributed by atoms with Crippen LogP contribution in [-0.4, -0.2) is 109 Å². The number of methoxy groups -OCH3 is 2. The van der Waals surface area contributed by atoms with E-state index in [0.717, 1.165) is 29.8 Å². The minimum atomic E-state index is -1.00. The van der Waals surface area contributed by atoms with Crippen LogP contribution in [0.5, 0.6) is 0 Å². The van der Waals surface area contributed by atoms with Gasteiger partial charge in [0.05, 0.1) is 48.2 Å². The normalized spacial score (nSPS) is 22.8. The zero-order valence-electron chi connectivity index (χ0n) is 34.5. The van der Waals surface area contributed by atoms with E-state index in [1.807, 2.05) is 75.2 Å². The van der Waals surface area contributed by atoms with Crippen LogP contribution in [0.15, 0.2) is 41.9 Å². The maximum atomic E-state index is 14.3. The smallest absolute Gasteiger partial charge is 0.245 e. The van der Waals surface area contributed by atoms with Gasteiger partial charge in [0.2, 0.25) is 23.6 Å². The molecule has 4 amide bonds. The highest BCUT2D eigenvalue weighted by atomic mass is 32.1. The fraction of sp³-hybridized carbons (Fsp3) is 0.683. The van der Waals surface area contributed by atoms with Crippen molar-refractivity contribution in [2.24, 2.45) is 17.8 Å². The molecule has 2 aliphatic rings. The van der Waals surface area contributed by atoms with Gasteiger partial charge in [-0.1, -0.05) is 71.4 Å². The molecule has 0 radical (unpaired) electrons. The number of nitrogens with zero attached hydrogens (tertiary/aromatic N) is 3. The molecule has 0 bridgehead atoms. The van der Waals surface area contributed by atoms with E-state index in [9.17, 15) is 19.2 Å². The van der Waals surface area contributed by atoms with Crippen molar-refractivity contribution in [2.45, 2.75) is 128 Å². The highest BCUT2D eigenvalue weighted by Gasteiger charge is 2.44. The number of amides is 4. The molecule has 13 heteroatoms. The quantitative estimate of drug-likeness (QED) is 0.186. The molecular formula is C41H64N6O6S. The molecule has 4 rings (SSSR count). The van der Waals surface area contributed by atoms with E-state index in [1.165, 1.54) is 11.3 Å². The summed E-state index contributed by atoms with van der Waals surface area (Å²) in [6.45, 7) is 10.8. The molecule has 1 aromatic carbocycles. The summed E-state index contributed by atoms with van der Waals surface area (Å²) in [7, 11) is 4.88. The Morgan fingerprint density at radius 3 is 2.43 bits per heavy atom. The van der Waals surface area contributed by atoms with Crippen LogP contribution in [0.1, 0.15) is 98.0 Å². The number of carbonyl (C=O) groups is 4. The van der Waals surface area contributed by atoms with Crippen molar-refractivity contribution >= 4 is 35.0 Å². The first kappa shape index (κ1) is 41.8. The molecule has 0 unspecified atom stereocenters. The molecule has 300 valence electrons. The van der Waals surface area contributed by atoms with E-state index in [0.29, 0.717) is 32.4 Å². The van der Waals surface area contributed by atoms with Crippen molar-refractivity contribution in [3.63, 3.8) is 0 Å². The van der Waals surface area contributed by atoms with Crippen LogP contribution in [0.3, 0.4) is 0 Å². The van der Waals surface area contributed by atoms with E-state index in [4.69, 9.17) is 10.8 Å². The average Bonchev–Trinajstić information content (AvgIpc) is 4.00. The number of aromatic nitrogens is 1. The molecule has 2 aromatic rings. The summed E-state index contributed by atoms with van der Waals surface area (Å²) in [5.74, 6) is -1.69. The van der Waals surface area contributed by atoms with E-state index in [2.05, 4.69) is 20.9 Å². The SMILES string of the molecule is [2H]C[C@@]1(C(=O)N[C@H](C(=O)N(C)[C@@H]([C@@H](C)CC)[C@@H](CC(=O)N2CCC[C@H]2[C@H](OC)[C@@H](C)C(=O)N[C@@H](Cc2ccccc2)c2nccs2)OC)C(C)C)CCCN1. The number of carbonyl (C=O) groups excluding carboxylic acids is 4. The lowest BCUT2D eigenvalue weighted by molar-refractivity contribution is -0.148. The summed E-state index contributed by atoms with van der Waals surface area (Å²) in [6.07, 6.45) is 4.73. The van der Waals surface area contributed by atoms with Gasteiger partial charge in [0.25, 0.3) is 0 Å². The molecule has 2 saturated heterocycles. The molecule has 0 spiro atoms. The van der Waals surface area contributed by atoms with Crippen LogP contribution < -0.4 is 16.0 Å². The second-order valence-corrected chi connectivity index (χ2v) is 16.4. The Labute approximate surface area is 327 Å². The monoisotopic (exact) mass is 769 g/mol. The van der Waals surface area contributed by atoms with Crippen LogP contribution in [-0.2, 0) is 35.1 Å². The first-order valence-corrected chi connectivity index (χ1v) is 20.4. The molecule has 2 aliphatic heterocycles. The highest BCUT2D eigenvalue weighted by molar-refractivity contribution is 7.09. The van der Waals surface area contributed by atoms with Crippen LogP contribution in [0, 0.1) is 17.8 Å². The second-order valence-electron chi connectivity index (χ2n) is 15.5. The average molecular weight is 770 g/mol. The summed E-state index contributed by atoms with van der Waals surface area (Å²) in [5.41, 5.74) is 0.0878. The van der Waals surface area contributed by atoms with Crippen molar-refractivity contribution in [1.82, 2.24) is 30.7 Å². The molecule has 3 heterocycles. The Morgan fingerprint density at radius 2 is 1.85 bits per heavy atom. The van der Waals surface area contributed by atoms with Gasteiger partial charge in [0.15, 0.2) is 0 Å². The molecule has 0 saturated carbocycles. The van der Waals surface area contributed by atoms with Crippen LogP contribution in [0.25, 0.3) is 0 Å². The van der Waals surface area contributed by atoms with E-state index < -0.39 is 35.7 Å². The Morgan fingerprint density at radius 1 is 1.11 bits per heavy atom. The number of hydrogen-bond acceptors (Lipinski definition) is 9. The molecule has 0 aliphatic carbocycles. The van der Waals surface area contributed by atoms with Crippen LogP contribution >= 0.6 is 11.3 Å². The first-order chi connectivity index (χ1) is 26.3. The van der Waals surface area contributed by atoms with Crippen molar-refractivity contribution in [3.8, 4) is 0 Å². The summed E-state index contributed by atoms with van der Waals surface area (Å²) in [6, 6.07) is 8.09. The lowest BCUT2D eigenvalue weighted by atomic mass is 9.89. The Bertz CT molecular complexity index is 1530. The molecular weight excluding hydrogens is 705 g/mol. The zero-order valence-corrected chi connectivity index (χ0v) is 34.3. The van der Waals surface area contributed by atoms with Gasteiger partial charge in [-0.15, -0.1) is 11.3 Å². The Balaban J connectivity index is 1.48. The van der Waals surface area contributed by atoms with E-state index in [1.54, 1.807) is 32.4 Å². The van der Waals surface area contributed by atoms with Gasteiger partial charge in [-0.25, -0.2) is 4.98 Å². The third kappa shape index (κ3) is 10.5. The van der Waals surface area contributed by atoms with Crippen LogP contribution in [0.2, 0.25) is 0 Å². The van der Waals surface area contributed by atoms with Crippen molar-refractivity contribution in [3.05, 3.63) is 52.5 Å². The molecule has 9 atom stereocenters. The van der Waals surface area contributed by atoms with Gasteiger partial charge in [-0.05, 0) is 62.9 Å². The second kappa shape index (κ2) is 20.0. The van der Waals surface area contributed by atoms with Gasteiger partial charge in [0.1, 0.15) is 11.0 Å². The van der Waals surface area contributed by atoms with Gasteiger partial charge in [0, 0.05) is 40.8 Å². The van der Waals surface area contributed by atoms with E-state index in [-0.39, 0.29) is 60.9 Å². The fourth-order valence-corrected chi connectivity index (χ4v) is 8.77. The van der Waals surface area contributed by atoms with Crippen molar-refractivity contribution in [1.29, 1.82) is 0 Å². The van der Waals surface area contributed by atoms with Gasteiger partial charge in [-0.3, -0.25) is 19.2 Å². The Hall–Kier alpha value is -3.39. The standard InChI is InChI=1S/C41H64N6O6S/c1-10-27(4)35(46(7)39(50)34(26(2)3)45-40(51)41(6)19-15-20-43-41)32(52-8)25-33(48)47-22-14-18-31(47)36(53-9)28(5)37(49)44-30(38-42-21-23-54-38)24-29-16-12-11-13-17-29/h11-13,16-17,21,23,26-28,30-32,34-36,43H,10,14-15,18-20,22,24-25H2,1-9H3,(H,44,49)(H,45,51)/t27-,28+,30-,31-,32+,34-,35-,36+,41-/m0/s1/i6D. The summed E-state index contributed by atoms with van der Waals surface area (Å²) in [4.78, 5) is 63.9. The molecule has 3 N–H and O–H groups in total. The summed E-state index contributed by atoms with van der Waals surface area (Å²) >= 11 is 1.50. The largest absolute Gasteiger partial charge is 0.379 e. The lowest BCUT2D eigenvalue weighted by Crippen LogP contribution is -2.61. The predicted octanol–water partition coefficient (Wildman–Crippen LogP) is 4.75. The van der Waals surface area contributed by atoms with Crippen LogP contribution in [0.4, 0.5) is 0 Å². The maximum absolute atomic E-state index is 14.3. The third-order valence-corrected chi connectivity index (χ3v) is 12.4. The minimum Gasteiger partial charge on any atom is -0.379 e. The van der Waals surface area contributed by atoms with Gasteiger partial charge in [-0.2, -0.15) is 0 Å². The number of nitrogens with one attached hydrogen (secondary N) is 3. The first-order valence-electron chi connectivity index (χ1n) is 20.2. The number of thiazole rings is 1. The highest BCUT2D eigenvalue weighted by Crippen LogP contribution is 2.31. The lowest BCUT2D eigenvalue weighted by Gasteiger charge is -2.41. The number of hydrogen-bond donors (Lipinski definition) is 3. The minimum absolute atomic E-state index is 0.0298. The van der Waals surface area contributed by atoms with Gasteiger partial charge < -0.3 is 35.2 Å². The third-order valence-electron chi connectivity index (χ3n) is 11.5. The maximum Gasteiger partial charge on any atom is 0.245 e. The van der Waals surface area contributed by atoms with Crippen molar-refractivity contribution < 1.29 is 30.0 Å². The summed E-state index contributed by atoms with van der Waals surface area (Å²) in [5, 5.41) is 12.1. The molecule has 12 nitrogen and oxygen atoms in total. The van der Waals surface area contributed by atoms with Gasteiger partial charge >= 0.3 is 0 Å². The Kier molecular flexibility index (Phi) is 15.4. The molecule has 1 aromatic heterocycles. The fourth-order valence-electron chi connectivity index (χ4n) is 8.08. The zero-order chi connectivity index (χ0) is 40.3. The number of rotatable bonds is 19. The van der Waals surface area contributed by atoms with Crippen molar-refractivity contribution in [2.75, 3.05) is 34.4 Å². The number of ether oxygens (including phenoxy) is 2. The number of benzene rings is 1. The molecule has 54 heavy (non-hydrogen) atoms. The number of likely N-dealkylation sites (N-methyl/N-ethyl adjacent to an activating group) is 1. The topological polar surface area (TPSA) is 142 Å². The predicted molar refractivity (Wildman–Crippen MR) is 212 cm³/mol. The number of likely N-dealkylation sites (tertiary alicyclic amines) is 1. The van der Waals surface area contributed by atoms with E-state index >= 15 is 0 Å². The molecule has 2 fully saturated rings. The summed E-state index contributed by atoms with van der Waals surface area (Å²) < 4.78 is 20.1.